The van der Waals surface area contributed by atoms with Crippen molar-refractivity contribution in [1.29, 1.82) is 0 Å². The molecule has 1 aliphatic heterocycles. The van der Waals surface area contributed by atoms with Gasteiger partial charge in [0.05, 0.1) is 0 Å². The van der Waals surface area contributed by atoms with Crippen molar-refractivity contribution in [3.63, 3.8) is 0 Å². The summed E-state index contributed by atoms with van der Waals surface area (Å²) in [5.74, 6) is 0. The summed E-state index contributed by atoms with van der Waals surface area (Å²) in [7, 11) is 0.0650. The van der Waals surface area contributed by atoms with Gasteiger partial charge in [0.2, 0.25) is 0 Å². The zero-order chi connectivity index (χ0) is 11.9. The number of ether oxygens (including phenoxy) is 1. The molecule has 3 nitrogen and oxygen atoms in total. The SMILES string of the molecule is CC(C)(C)OC(=O)N1CCCC1.[I][Zn][I]. The van der Waals surface area contributed by atoms with E-state index in [-0.39, 0.29) is 21.8 Å². The fourth-order valence-electron chi connectivity index (χ4n) is 1.23. The van der Waals surface area contributed by atoms with Gasteiger partial charge in [0.15, 0.2) is 0 Å². The molecule has 0 aromatic rings. The van der Waals surface area contributed by atoms with Gasteiger partial charge in [0, 0.05) is 13.1 Å². The van der Waals surface area contributed by atoms with E-state index in [0.717, 1.165) is 25.9 Å². The van der Waals surface area contributed by atoms with E-state index in [1.54, 1.807) is 4.90 Å². The van der Waals surface area contributed by atoms with Gasteiger partial charge in [-0.1, -0.05) is 0 Å². The van der Waals surface area contributed by atoms with Gasteiger partial charge in [-0.3, -0.25) is 0 Å². The molecule has 0 bridgehead atoms. The second-order valence-corrected chi connectivity index (χ2v) is 27.8. The second kappa shape index (κ2) is 8.44. The van der Waals surface area contributed by atoms with Gasteiger partial charge in [-0.2, -0.15) is 0 Å². The maximum atomic E-state index is 11.4. The average Bonchev–Trinajstić information content (AvgIpc) is 2.53. The molecule has 0 spiro atoms. The van der Waals surface area contributed by atoms with Crippen molar-refractivity contribution in [3.05, 3.63) is 0 Å². The number of likely N-dealkylation sites (tertiary alicyclic amines) is 1. The van der Waals surface area contributed by atoms with Crippen molar-refractivity contribution in [2.24, 2.45) is 0 Å². The molecule has 0 N–H and O–H groups in total. The van der Waals surface area contributed by atoms with Crippen LogP contribution >= 0.6 is 39.5 Å². The normalized spacial score (nSPS) is 15.1. The fourth-order valence-corrected chi connectivity index (χ4v) is 1.23. The van der Waals surface area contributed by atoms with Gasteiger partial charge in [-0.25, -0.2) is 4.79 Å². The maximum absolute atomic E-state index is 11.4. The second-order valence-electron chi connectivity index (χ2n) is 4.28. The van der Waals surface area contributed by atoms with E-state index >= 15 is 0 Å². The Labute approximate surface area is 121 Å². The number of amides is 1. The molecule has 1 fully saturated rings. The van der Waals surface area contributed by atoms with E-state index in [1.807, 2.05) is 20.8 Å². The first-order valence-electron chi connectivity index (χ1n) is 5.00. The predicted molar refractivity (Wildman–Crippen MR) is 75.1 cm³/mol. The van der Waals surface area contributed by atoms with Crippen molar-refractivity contribution in [1.82, 2.24) is 4.90 Å². The van der Waals surface area contributed by atoms with Crippen molar-refractivity contribution >= 4 is 45.6 Å². The third-order valence-electron chi connectivity index (χ3n) is 1.76. The van der Waals surface area contributed by atoms with Crippen molar-refractivity contribution in [2.75, 3.05) is 13.1 Å². The minimum atomic E-state index is -0.361. The van der Waals surface area contributed by atoms with E-state index in [2.05, 4.69) is 39.5 Å². The molecule has 6 heteroatoms. The number of rotatable bonds is 0. The van der Waals surface area contributed by atoms with E-state index in [9.17, 15) is 4.79 Å². The number of carbonyl (C=O) groups is 1. The average molecular weight is 490 g/mol. The van der Waals surface area contributed by atoms with Crippen LogP contribution < -0.4 is 0 Å². The van der Waals surface area contributed by atoms with Crippen molar-refractivity contribution < 1.29 is 19.6 Å². The van der Waals surface area contributed by atoms with Gasteiger partial charge in [0.1, 0.15) is 5.60 Å². The molecule has 0 saturated carbocycles. The Balaban J connectivity index is 0.000000583. The molecule has 0 aromatic heterocycles. The van der Waals surface area contributed by atoms with Crippen LogP contribution in [0.5, 0.6) is 0 Å². The zero-order valence-electron chi connectivity index (χ0n) is 9.56. The summed E-state index contributed by atoms with van der Waals surface area (Å²) >= 11 is 4.93. The van der Waals surface area contributed by atoms with Gasteiger partial charge < -0.3 is 9.64 Å². The van der Waals surface area contributed by atoms with Crippen LogP contribution in [-0.2, 0) is 14.8 Å². The van der Waals surface area contributed by atoms with Gasteiger partial charge in [-0.05, 0) is 33.6 Å². The van der Waals surface area contributed by atoms with Crippen LogP contribution in [-0.4, -0.2) is 29.7 Å². The molecular weight excluding hydrogens is 473 g/mol. The molecule has 1 heterocycles. The van der Waals surface area contributed by atoms with Crippen LogP contribution in [0.4, 0.5) is 4.79 Å². The summed E-state index contributed by atoms with van der Waals surface area (Å²) in [6, 6.07) is 0. The predicted octanol–water partition coefficient (Wildman–Crippen LogP) is 3.79. The molecule has 1 saturated heterocycles. The summed E-state index contributed by atoms with van der Waals surface area (Å²) in [6.07, 6.45) is 2.05. The van der Waals surface area contributed by atoms with Crippen LogP contribution in [0.2, 0.25) is 0 Å². The Bertz CT molecular complexity index is 191. The van der Waals surface area contributed by atoms with Crippen molar-refractivity contribution in [2.45, 2.75) is 39.2 Å². The summed E-state index contributed by atoms with van der Waals surface area (Å²) in [6.45, 7) is 7.38. The third-order valence-corrected chi connectivity index (χ3v) is 1.76. The monoisotopic (exact) mass is 489 g/mol. The van der Waals surface area contributed by atoms with Crippen molar-refractivity contribution in [3.8, 4) is 0 Å². The summed E-state index contributed by atoms with van der Waals surface area (Å²) in [4.78, 5) is 13.1. The molecule has 1 amide bonds. The molecule has 0 aliphatic carbocycles. The number of halogens is 2. The molecule has 0 unspecified atom stereocenters. The quantitative estimate of drug-likeness (QED) is 0.382. The Morgan fingerprint density at radius 3 is 2.00 bits per heavy atom. The van der Waals surface area contributed by atoms with Crippen LogP contribution in [0.3, 0.4) is 0 Å². The van der Waals surface area contributed by atoms with Crippen LogP contribution in [0.25, 0.3) is 0 Å². The Kier molecular flexibility index (Phi) is 9.21. The first kappa shape index (κ1) is 16.4. The standard InChI is InChI=1S/C9H17NO2.2HI.Zn/c1-9(2,3)12-8(11)10-6-4-5-7-10;;;/h4-7H2,1-3H3;2*1H;/q;;;+2/p-2. The summed E-state index contributed by atoms with van der Waals surface area (Å²) in [5.41, 5.74) is -0.361. The molecule has 15 heavy (non-hydrogen) atoms. The zero-order valence-corrected chi connectivity index (χ0v) is 16.8. The molecular formula is C9H17I2NO2Zn. The molecule has 1 aliphatic rings. The number of nitrogens with zero attached hydrogens (tertiary/aromatic N) is 1. The van der Waals surface area contributed by atoms with Crippen LogP contribution in [0, 0.1) is 0 Å². The minimum absolute atomic E-state index is 0.0650. The summed E-state index contributed by atoms with van der Waals surface area (Å²) < 4.78 is 5.21. The Morgan fingerprint density at radius 1 is 1.27 bits per heavy atom. The van der Waals surface area contributed by atoms with Gasteiger partial charge in [0.25, 0.3) is 0 Å². The third kappa shape index (κ3) is 9.09. The molecule has 86 valence electrons. The van der Waals surface area contributed by atoms with E-state index < -0.39 is 0 Å². The molecule has 0 aromatic carbocycles. The van der Waals surface area contributed by atoms with Crippen LogP contribution in [0.1, 0.15) is 33.6 Å². The van der Waals surface area contributed by atoms with Crippen LogP contribution in [0.15, 0.2) is 0 Å². The Hall–Kier alpha value is 1.35. The molecule has 0 radical (unpaired) electrons. The van der Waals surface area contributed by atoms with E-state index in [0.29, 0.717) is 0 Å². The summed E-state index contributed by atoms with van der Waals surface area (Å²) in [5, 5.41) is 0. The Morgan fingerprint density at radius 2 is 1.67 bits per heavy atom. The van der Waals surface area contributed by atoms with Gasteiger partial charge in [-0.15, -0.1) is 0 Å². The molecule has 1 rings (SSSR count). The molecule has 0 atom stereocenters. The number of hydrogen-bond donors (Lipinski definition) is 0. The fraction of sp³-hybridized carbons (Fsp3) is 0.889. The first-order chi connectivity index (χ1) is 6.90. The van der Waals surface area contributed by atoms with E-state index in [4.69, 9.17) is 4.74 Å². The first-order valence-corrected chi connectivity index (χ1v) is 23.1. The number of hydrogen-bond acceptors (Lipinski definition) is 2. The van der Waals surface area contributed by atoms with E-state index in [1.165, 1.54) is 0 Å². The topological polar surface area (TPSA) is 29.5 Å². The van der Waals surface area contributed by atoms with Gasteiger partial charge >= 0.3 is 55.7 Å². The number of carbonyl (C=O) groups excluding carboxylic acids is 1.